The Morgan fingerprint density at radius 1 is 1.64 bits per heavy atom. The van der Waals surface area contributed by atoms with Gasteiger partial charge in [-0.05, 0) is 28.7 Å². The van der Waals surface area contributed by atoms with Crippen LogP contribution in [0, 0.1) is 3.57 Å². The summed E-state index contributed by atoms with van der Waals surface area (Å²) in [6.07, 6.45) is -2.80. The van der Waals surface area contributed by atoms with Gasteiger partial charge in [0.1, 0.15) is 5.69 Å². The SMILES string of the molecule is NC(=O)c1nc(C(F)F)cc(I)c1O. The van der Waals surface area contributed by atoms with Crippen molar-refractivity contribution in [1.82, 2.24) is 4.98 Å². The minimum absolute atomic E-state index is 0.113. The molecular formula is C7H5F2IN2O2. The number of nitrogens with two attached hydrogens (primary N) is 1. The standard InChI is InChI=1S/C7H5F2IN2O2/c8-6(9)3-1-2(10)5(13)4(12-3)7(11)14/h1,6,13H,(H2,11,14). The van der Waals surface area contributed by atoms with E-state index in [1.54, 1.807) is 22.6 Å². The molecule has 0 saturated heterocycles. The third-order valence-corrected chi connectivity index (χ3v) is 2.25. The van der Waals surface area contributed by atoms with E-state index in [0.29, 0.717) is 0 Å². The van der Waals surface area contributed by atoms with Gasteiger partial charge in [-0.2, -0.15) is 0 Å². The van der Waals surface area contributed by atoms with Crippen LogP contribution in [0.4, 0.5) is 8.78 Å². The van der Waals surface area contributed by atoms with Gasteiger partial charge in [0.05, 0.1) is 3.57 Å². The maximum atomic E-state index is 12.2. The van der Waals surface area contributed by atoms with E-state index in [0.717, 1.165) is 6.07 Å². The monoisotopic (exact) mass is 314 g/mol. The van der Waals surface area contributed by atoms with Crippen molar-refractivity contribution >= 4 is 28.5 Å². The Kier molecular flexibility index (Phi) is 3.19. The Hall–Kier alpha value is -0.990. The van der Waals surface area contributed by atoms with Crippen LogP contribution in [0.2, 0.25) is 0 Å². The highest BCUT2D eigenvalue weighted by molar-refractivity contribution is 14.1. The predicted octanol–water partition coefficient (Wildman–Crippen LogP) is 1.43. The molecule has 14 heavy (non-hydrogen) atoms. The van der Waals surface area contributed by atoms with Crippen molar-refractivity contribution in [3.05, 3.63) is 21.0 Å². The Morgan fingerprint density at radius 2 is 2.21 bits per heavy atom. The molecule has 1 aromatic rings. The average molecular weight is 314 g/mol. The third-order valence-electron chi connectivity index (χ3n) is 1.42. The maximum absolute atomic E-state index is 12.2. The van der Waals surface area contributed by atoms with Gasteiger partial charge >= 0.3 is 0 Å². The summed E-state index contributed by atoms with van der Waals surface area (Å²) in [4.78, 5) is 14.0. The number of carbonyl (C=O) groups excluding carboxylic acids is 1. The topological polar surface area (TPSA) is 76.2 Å². The highest BCUT2D eigenvalue weighted by Crippen LogP contribution is 2.27. The molecule has 0 bridgehead atoms. The molecular weight excluding hydrogens is 309 g/mol. The summed E-state index contributed by atoms with van der Waals surface area (Å²) < 4.78 is 24.6. The van der Waals surface area contributed by atoms with Gasteiger partial charge in [-0.25, -0.2) is 13.8 Å². The molecule has 0 atom stereocenters. The molecule has 0 saturated carbocycles. The first-order chi connectivity index (χ1) is 6.43. The summed E-state index contributed by atoms with van der Waals surface area (Å²) in [5, 5.41) is 9.26. The van der Waals surface area contributed by atoms with E-state index >= 15 is 0 Å². The molecule has 4 nitrogen and oxygen atoms in total. The predicted molar refractivity (Wildman–Crippen MR) is 52.1 cm³/mol. The number of rotatable bonds is 2. The lowest BCUT2D eigenvalue weighted by Crippen LogP contribution is -2.15. The van der Waals surface area contributed by atoms with Gasteiger partial charge < -0.3 is 10.8 Å². The molecule has 0 aliphatic carbocycles. The van der Waals surface area contributed by atoms with Crippen LogP contribution in [0.25, 0.3) is 0 Å². The second-order valence-corrected chi connectivity index (χ2v) is 3.55. The number of aromatic hydroxyl groups is 1. The Balaban J connectivity index is 3.35. The van der Waals surface area contributed by atoms with Crippen molar-refractivity contribution in [3.63, 3.8) is 0 Å². The van der Waals surface area contributed by atoms with Crippen LogP contribution in [0.5, 0.6) is 5.75 Å². The maximum Gasteiger partial charge on any atom is 0.280 e. The minimum atomic E-state index is -2.80. The second-order valence-electron chi connectivity index (χ2n) is 2.39. The molecule has 0 aromatic carbocycles. The van der Waals surface area contributed by atoms with E-state index in [2.05, 4.69) is 4.98 Å². The van der Waals surface area contributed by atoms with Crippen molar-refractivity contribution < 1.29 is 18.7 Å². The first kappa shape index (κ1) is 11.1. The fraction of sp³-hybridized carbons (Fsp3) is 0.143. The zero-order chi connectivity index (χ0) is 10.9. The van der Waals surface area contributed by atoms with Gasteiger partial charge in [-0.15, -0.1) is 0 Å². The molecule has 0 aliphatic rings. The molecule has 3 N–H and O–H groups in total. The van der Waals surface area contributed by atoms with Crippen LogP contribution >= 0.6 is 22.6 Å². The molecule has 0 radical (unpaired) electrons. The zero-order valence-corrected chi connectivity index (χ0v) is 8.83. The van der Waals surface area contributed by atoms with E-state index < -0.39 is 29.5 Å². The Bertz CT molecular complexity index is 384. The van der Waals surface area contributed by atoms with E-state index in [-0.39, 0.29) is 3.57 Å². The molecule has 1 aromatic heterocycles. The molecule has 76 valence electrons. The summed E-state index contributed by atoms with van der Waals surface area (Å²) in [6, 6.07) is 0.993. The number of nitrogens with zero attached hydrogens (tertiary/aromatic N) is 1. The first-order valence-electron chi connectivity index (χ1n) is 3.41. The van der Waals surface area contributed by atoms with Crippen LogP contribution in [-0.2, 0) is 0 Å². The molecule has 0 fully saturated rings. The van der Waals surface area contributed by atoms with Crippen molar-refractivity contribution in [2.24, 2.45) is 5.73 Å². The highest BCUT2D eigenvalue weighted by Gasteiger charge is 2.18. The van der Waals surface area contributed by atoms with E-state index in [9.17, 15) is 18.7 Å². The van der Waals surface area contributed by atoms with Crippen LogP contribution in [0.1, 0.15) is 22.6 Å². The number of carbonyl (C=O) groups is 1. The Labute approximate surface area is 91.3 Å². The third kappa shape index (κ3) is 2.08. The molecule has 0 aliphatic heterocycles. The lowest BCUT2D eigenvalue weighted by Gasteiger charge is -2.05. The fourth-order valence-corrected chi connectivity index (χ4v) is 1.38. The summed E-state index contributed by atoms with van der Waals surface area (Å²) in [5.74, 6) is -1.51. The summed E-state index contributed by atoms with van der Waals surface area (Å²) in [6.45, 7) is 0. The molecule has 1 heterocycles. The minimum Gasteiger partial charge on any atom is -0.504 e. The molecule has 0 unspecified atom stereocenters. The van der Waals surface area contributed by atoms with Crippen LogP contribution in [0.15, 0.2) is 6.07 Å². The van der Waals surface area contributed by atoms with Crippen molar-refractivity contribution in [2.75, 3.05) is 0 Å². The highest BCUT2D eigenvalue weighted by atomic mass is 127. The van der Waals surface area contributed by atoms with Gasteiger partial charge in [0, 0.05) is 0 Å². The van der Waals surface area contributed by atoms with Gasteiger partial charge in [0.15, 0.2) is 11.4 Å². The number of primary amides is 1. The van der Waals surface area contributed by atoms with Gasteiger partial charge in [-0.3, -0.25) is 4.79 Å². The summed E-state index contributed by atoms with van der Waals surface area (Å²) in [5.41, 5.74) is 3.73. The second kappa shape index (κ2) is 4.03. The number of hydrogen-bond donors (Lipinski definition) is 2. The summed E-state index contributed by atoms with van der Waals surface area (Å²) in [7, 11) is 0. The van der Waals surface area contributed by atoms with Gasteiger partial charge in [0.25, 0.3) is 12.3 Å². The number of pyridine rings is 1. The molecule has 7 heteroatoms. The summed E-state index contributed by atoms with van der Waals surface area (Å²) >= 11 is 1.61. The van der Waals surface area contributed by atoms with Crippen LogP contribution in [0.3, 0.4) is 0 Å². The Morgan fingerprint density at radius 3 is 2.64 bits per heavy atom. The number of halogens is 3. The first-order valence-corrected chi connectivity index (χ1v) is 4.48. The molecule has 1 amide bonds. The number of amides is 1. The van der Waals surface area contributed by atoms with Gasteiger partial charge in [-0.1, -0.05) is 0 Å². The molecule has 1 rings (SSSR count). The van der Waals surface area contributed by atoms with Crippen molar-refractivity contribution in [2.45, 2.75) is 6.43 Å². The zero-order valence-electron chi connectivity index (χ0n) is 6.67. The van der Waals surface area contributed by atoms with E-state index in [1.165, 1.54) is 0 Å². The van der Waals surface area contributed by atoms with Crippen LogP contribution < -0.4 is 5.73 Å². The lowest BCUT2D eigenvalue weighted by molar-refractivity contribution is 0.0990. The van der Waals surface area contributed by atoms with Gasteiger partial charge in [0.2, 0.25) is 0 Å². The number of alkyl halides is 2. The largest absolute Gasteiger partial charge is 0.504 e. The van der Waals surface area contributed by atoms with E-state index in [1.807, 2.05) is 0 Å². The van der Waals surface area contributed by atoms with Crippen molar-refractivity contribution in [1.29, 1.82) is 0 Å². The lowest BCUT2D eigenvalue weighted by atomic mass is 10.2. The normalized spacial score (nSPS) is 10.6. The van der Waals surface area contributed by atoms with Crippen LogP contribution in [-0.4, -0.2) is 16.0 Å². The quantitative estimate of drug-likeness (QED) is 0.811. The number of hydrogen-bond acceptors (Lipinski definition) is 3. The smallest absolute Gasteiger partial charge is 0.280 e. The van der Waals surface area contributed by atoms with E-state index in [4.69, 9.17) is 5.73 Å². The molecule has 0 spiro atoms. The number of aromatic nitrogens is 1. The average Bonchev–Trinajstić information content (AvgIpc) is 2.08. The fourth-order valence-electron chi connectivity index (χ4n) is 0.809. The van der Waals surface area contributed by atoms with Crippen molar-refractivity contribution in [3.8, 4) is 5.75 Å².